The van der Waals surface area contributed by atoms with Crippen LogP contribution in [0.15, 0.2) is 23.3 Å². The molecular weight excluding hydrogens is 96.1 g/mol. The summed E-state index contributed by atoms with van der Waals surface area (Å²) >= 11 is 0. The fraction of sp³-hybridized carbons (Fsp3) is 0.500. The Labute approximate surface area is 50.9 Å². The van der Waals surface area contributed by atoms with E-state index < -0.39 is 0 Å². The minimum absolute atomic E-state index is 1.29. The van der Waals surface area contributed by atoms with Crippen LogP contribution in [0.2, 0.25) is 0 Å². The molecule has 0 aromatic heterocycles. The van der Waals surface area contributed by atoms with Crippen molar-refractivity contribution in [3.63, 3.8) is 0 Å². The van der Waals surface area contributed by atoms with Crippen molar-refractivity contribution >= 4 is 0 Å². The van der Waals surface area contributed by atoms with Crippen molar-refractivity contribution in [3.05, 3.63) is 23.3 Å². The zero-order valence-electron chi connectivity index (χ0n) is 5.57. The molecule has 0 aromatic carbocycles. The standard InChI is InChI=1S/C8H12/c1-3-7(2)8-5-4-6-8/h3,5H,4,6H2,1-2H3. The maximum absolute atomic E-state index is 2.30. The van der Waals surface area contributed by atoms with Crippen molar-refractivity contribution in [3.8, 4) is 0 Å². The van der Waals surface area contributed by atoms with E-state index >= 15 is 0 Å². The van der Waals surface area contributed by atoms with Crippen LogP contribution < -0.4 is 0 Å². The van der Waals surface area contributed by atoms with Crippen molar-refractivity contribution in [2.45, 2.75) is 26.7 Å². The second-order valence-corrected chi connectivity index (χ2v) is 2.24. The number of hydrogen-bond acceptors (Lipinski definition) is 0. The summed E-state index contributed by atoms with van der Waals surface area (Å²) in [5.41, 5.74) is 3.00. The molecule has 0 nitrogen and oxygen atoms in total. The summed E-state index contributed by atoms with van der Waals surface area (Å²) in [6.45, 7) is 4.26. The Hall–Kier alpha value is -0.520. The Morgan fingerprint density at radius 3 is 2.50 bits per heavy atom. The molecule has 8 heavy (non-hydrogen) atoms. The first-order valence-corrected chi connectivity index (χ1v) is 3.17. The zero-order chi connectivity index (χ0) is 5.98. The lowest BCUT2D eigenvalue weighted by Crippen LogP contribution is -1.93. The van der Waals surface area contributed by atoms with Crippen LogP contribution in [0.25, 0.3) is 0 Å². The molecule has 1 rings (SSSR count). The van der Waals surface area contributed by atoms with Gasteiger partial charge in [0.15, 0.2) is 0 Å². The highest BCUT2D eigenvalue weighted by molar-refractivity contribution is 5.33. The Morgan fingerprint density at radius 1 is 1.75 bits per heavy atom. The molecule has 0 amide bonds. The third-order valence-corrected chi connectivity index (χ3v) is 1.74. The number of allylic oxidation sites excluding steroid dienone is 4. The van der Waals surface area contributed by atoms with Crippen LogP contribution in [0, 0.1) is 0 Å². The van der Waals surface area contributed by atoms with Gasteiger partial charge in [0.05, 0.1) is 0 Å². The Kier molecular flexibility index (Phi) is 1.52. The Morgan fingerprint density at radius 2 is 2.38 bits per heavy atom. The van der Waals surface area contributed by atoms with E-state index in [0.717, 1.165) is 0 Å². The monoisotopic (exact) mass is 108 g/mol. The number of hydrogen-bond donors (Lipinski definition) is 0. The van der Waals surface area contributed by atoms with Gasteiger partial charge in [-0.05, 0) is 32.3 Å². The van der Waals surface area contributed by atoms with Crippen molar-refractivity contribution < 1.29 is 0 Å². The van der Waals surface area contributed by atoms with Gasteiger partial charge in [-0.25, -0.2) is 0 Å². The molecule has 0 heterocycles. The van der Waals surface area contributed by atoms with E-state index in [1.54, 1.807) is 5.57 Å². The quantitative estimate of drug-likeness (QED) is 0.484. The molecule has 0 aliphatic heterocycles. The topological polar surface area (TPSA) is 0 Å². The first-order chi connectivity index (χ1) is 3.84. The fourth-order valence-electron chi connectivity index (χ4n) is 0.832. The van der Waals surface area contributed by atoms with Crippen LogP contribution in [-0.4, -0.2) is 0 Å². The van der Waals surface area contributed by atoms with Gasteiger partial charge in [0.25, 0.3) is 0 Å². The predicted molar refractivity (Wildman–Crippen MR) is 36.7 cm³/mol. The third kappa shape index (κ3) is 0.835. The fourth-order valence-corrected chi connectivity index (χ4v) is 0.832. The van der Waals surface area contributed by atoms with E-state index in [-0.39, 0.29) is 0 Å². The molecule has 0 fully saturated rings. The second-order valence-electron chi connectivity index (χ2n) is 2.24. The average Bonchev–Trinajstić information content (AvgIpc) is 1.62. The van der Waals surface area contributed by atoms with Crippen molar-refractivity contribution in [1.29, 1.82) is 0 Å². The molecule has 0 aromatic rings. The van der Waals surface area contributed by atoms with Gasteiger partial charge in [-0.3, -0.25) is 0 Å². The smallest absolute Gasteiger partial charge is 0.0245 e. The normalized spacial score (nSPS) is 19.8. The lowest BCUT2D eigenvalue weighted by molar-refractivity contribution is 0.883. The van der Waals surface area contributed by atoms with Gasteiger partial charge in [-0.15, -0.1) is 0 Å². The molecule has 0 bridgehead atoms. The lowest BCUT2D eigenvalue weighted by Gasteiger charge is -2.13. The van der Waals surface area contributed by atoms with Crippen LogP contribution in [0.3, 0.4) is 0 Å². The van der Waals surface area contributed by atoms with Crippen LogP contribution >= 0.6 is 0 Å². The molecule has 0 atom stereocenters. The van der Waals surface area contributed by atoms with E-state index in [1.165, 1.54) is 18.4 Å². The highest BCUT2D eigenvalue weighted by Gasteiger charge is 2.04. The molecule has 0 spiro atoms. The summed E-state index contributed by atoms with van der Waals surface area (Å²) in [5, 5.41) is 0. The molecule has 0 N–H and O–H groups in total. The summed E-state index contributed by atoms with van der Waals surface area (Å²) in [7, 11) is 0. The molecule has 1 aliphatic rings. The molecule has 44 valence electrons. The van der Waals surface area contributed by atoms with Crippen molar-refractivity contribution in [2.75, 3.05) is 0 Å². The molecule has 0 radical (unpaired) electrons. The van der Waals surface area contributed by atoms with Gasteiger partial charge in [0.2, 0.25) is 0 Å². The van der Waals surface area contributed by atoms with Gasteiger partial charge in [0.1, 0.15) is 0 Å². The maximum atomic E-state index is 2.30. The maximum Gasteiger partial charge on any atom is -0.0245 e. The largest absolute Gasteiger partial charge is 0.0845 e. The SMILES string of the molecule is CC=C(C)C1=CCC1. The summed E-state index contributed by atoms with van der Waals surface area (Å²) < 4.78 is 0. The number of rotatable bonds is 1. The third-order valence-electron chi connectivity index (χ3n) is 1.74. The minimum atomic E-state index is 1.29. The summed E-state index contributed by atoms with van der Waals surface area (Å²) in [5.74, 6) is 0. The first-order valence-electron chi connectivity index (χ1n) is 3.17. The first kappa shape index (κ1) is 5.61. The minimum Gasteiger partial charge on any atom is -0.0845 e. The molecule has 0 unspecified atom stereocenters. The van der Waals surface area contributed by atoms with E-state index in [4.69, 9.17) is 0 Å². The van der Waals surface area contributed by atoms with Crippen LogP contribution in [0.1, 0.15) is 26.7 Å². The lowest BCUT2D eigenvalue weighted by atomic mass is 9.93. The molecular formula is C8H12. The van der Waals surface area contributed by atoms with E-state index in [0.29, 0.717) is 0 Å². The van der Waals surface area contributed by atoms with Gasteiger partial charge >= 0.3 is 0 Å². The van der Waals surface area contributed by atoms with Crippen LogP contribution in [0.4, 0.5) is 0 Å². The predicted octanol–water partition coefficient (Wildman–Crippen LogP) is 2.67. The Balaban J connectivity index is 2.59. The summed E-state index contributed by atoms with van der Waals surface area (Å²) in [4.78, 5) is 0. The van der Waals surface area contributed by atoms with Gasteiger partial charge in [0, 0.05) is 0 Å². The molecule has 1 aliphatic carbocycles. The van der Waals surface area contributed by atoms with E-state index in [1.807, 2.05) is 0 Å². The van der Waals surface area contributed by atoms with Gasteiger partial charge < -0.3 is 0 Å². The molecule has 0 saturated carbocycles. The van der Waals surface area contributed by atoms with Crippen molar-refractivity contribution in [1.82, 2.24) is 0 Å². The van der Waals surface area contributed by atoms with Crippen LogP contribution in [-0.2, 0) is 0 Å². The van der Waals surface area contributed by atoms with Gasteiger partial charge in [-0.1, -0.05) is 17.7 Å². The zero-order valence-corrected chi connectivity index (χ0v) is 5.57. The summed E-state index contributed by atoms with van der Waals surface area (Å²) in [6, 6.07) is 0. The Bertz CT molecular complexity index is 132. The highest BCUT2D eigenvalue weighted by atomic mass is 14.1. The second kappa shape index (κ2) is 2.17. The van der Waals surface area contributed by atoms with E-state index in [2.05, 4.69) is 26.0 Å². The summed E-state index contributed by atoms with van der Waals surface area (Å²) in [6.07, 6.45) is 7.07. The van der Waals surface area contributed by atoms with Gasteiger partial charge in [-0.2, -0.15) is 0 Å². The highest BCUT2D eigenvalue weighted by Crippen LogP contribution is 2.24. The molecule has 0 heteroatoms. The van der Waals surface area contributed by atoms with Crippen molar-refractivity contribution in [2.24, 2.45) is 0 Å². The average molecular weight is 108 g/mol. The van der Waals surface area contributed by atoms with Crippen LogP contribution in [0.5, 0.6) is 0 Å². The van der Waals surface area contributed by atoms with E-state index in [9.17, 15) is 0 Å². The molecule has 0 saturated heterocycles.